The Bertz CT molecular complexity index is 1280. The first-order chi connectivity index (χ1) is 18.4. The van der Waals surface area contributed by atoms with E-state index in [1.165, 1.54) is 18.3 Å². The Hall–Kier alpha value is -4.93. The first-order valence-corrected chi connectivity index (χ1v) is 11.8. The van der Waals surface area contributed by atoms with Crippen molar-refractivity contribution in [1.82, 2.24) is 10.7 Å². The van der Waals surface area contributed by atoms with Gasteiger partial charge in [-0.15, -0.1) is 0 Å². The van der Waals surface area contributed by atoms with Crippen LogP contribution in [-0.2, 0) is 11.4 Å². The Morgan fingerprint density at radius 2 is 1.74 bits per heavy atom. The predicted octanol–water partition coefficient (Wildman–Crippen LogP) is 3.85. The number of non-ortho nitro benzene ring substituents is 1. The fourth-order valence-electron chi connectivity index (χ4n) is 3.24. The number of nitro groups is 1. The van der Waals surface area contributed by atoms with E-state index in [0.29, 0.717) is 35.0 Å². The van der Waals surface area contributed by atoms with Gasteiger partial charge in [-0.05, 0) is 72.6 Å². The molecule has 2 amide bonds. The van der Waals surface area contributed by atoms with Crippen molar-refractivity contribution in [3.05, 3.63) is 93.5 Å². The van der Waals surface area contributed by atoms with Crippen molar-refractivity contribution in [3.8, 4) is 17.2 Å². The summed E-state index contributed by atoms with van der Waals surface area (Å²) in [5.74, 6) is 0.995. The van der Waals surface area contributed by atoms with Gasteiger partial charge in [-0.3, -0.25) is 19.7 Å². The lowest BCUT2D eigenvalue weighted by molar-refractivity contribution is -0.384. The standard InChI is InChI=1S/C27H28N4O7/c1-3-37-25-16-20(6-13-24(25)38-18-19-4-9-22(10-5-19)31(34)35)17-29-30-26(32)14-15-28-27(33)21-7-11-23(36-2)12-8-21/h4-13,16-17H,3,14-15,18H2,1-2H3,(H,28,33)(H,30,32). The monoisotopic (exact) mass is 520 g/mol. The Balaban J connectivity index is 1.48. The van der Waals surface area contributed by atoms with Gasteiger partial charge in [0.15, 0.2) is 11.5 Å². The Kier molecular flexibility index (Phi) is 10.2. The van der Waals surface area contributed by atoms with Gasteiger partial charge in [0.05, 0.1) is 24.9 Å². The molecule has 3 aromatic rings. The molecule has 0 aliphatic heterocycles. The zero-order chi connectivity index (χ0) is 27.3. The molecule has 0 fully saturated rings. The number of benzene rings is 3. The summed E-state index contributed by atoms with van der Waals surface area (Å²) in [5, 5.41) is 17.4. The first-order valence-electron chi connectivity index (χ1n) is 11.8. The Morgan fingerprint density at radius 3 is 2.39 bits per heavy atom. The number of nitrogens with one attached hydrogen (secondary N) is 2. The van der Waals surface area contributed by atoms with Crippen molar-refractivity contribution in [2.24, 2.45) is 5.10 Å². The third kappa shape index (κ3) is 8.33. The molecule has 0 unspecified atom stereocenters. The lowest BCUT2D eigenvalue weighted by Crippen LogP contribution is -2.29. The number of nitrogens with zero attached hydrogens (tertiary/aromatic N) is 2. The predicted molar refractivity (Wildman–Crippen MR) is 141 cm³/mol. The van der Waals surface area contributed by atoms with Crippen molar-refractivity contribution in [1.29, 1.82) is 0 Å². The van der Waals surface area contributed by atoms with Crippen molar-refractivity contribution < 1.29 is 28.7 Å². The summed E-state index contributed by atoms with van der Waals surface area (Å²) < 4.78 is 16.6. The second-order valence-corrected chi connectivity index (χ2v) is 7.88. The van der Waals surface area contributed by atoms with Gasteiger partial charge in [-0.2, -0.15) is 5.10 Å². The van der Waals surface area contributed by atoms with Crippen molar-refractivity contribution in [2.45, 2.75) is 20.0 Å². The van der Waals surface area contributed by atoms with E-state index in [1.807, 2.05) is 6.92 Å². The average molecular weight is 521 g/mol. The molecule has 0 heterocycles. The third-order valence-corrected chi connectivity index (χ3v) is 5.20. The number of methoxy groups -OCH3 is 1. The molecular weight excluding hydrogens is 492 g/mol. The number of hydrazone groups is 1. The SMILES string of the molecule is CCOc1cc(C=NNC(=O)CCNC(=O)c2ccc(OC)cc2)ccc1OCc1ccc([N+](=O)[O-])cc1. The minimum absolute atomic E-state index is 0.0119. The highest BCUT2D eigenvalue weighted by molar-refractivity contribution is 5.94. The molecule has 0 aliphatic rings. The van der Waals surface area contributed by atoms with E-state index in [1.54, 1.807) is 61.7 Å². The molecule has 11 heteroatoms. The van der Waals surface area contributed by atoms with E-state index < -0.39 is 4.92 Å². The van der Waals surface area contributed by atoms with Gasteiger partial charge in [0.2, 0.25) is 5.91 Å². The molecule has 0 aromatic heterocycles. The van der Waals surface area contributed by atoms with Crippen LogP contribution in [0.2, 0.25) is 0 Å². The molecule has 0 saturated heterocycles. The Morgan fingerprint density at radius 1 is 1.00 bits per heavy atom. The Labute approximate surface area is 219 Å². The zero-order valence-corrected chi connectivity index (χ0v) is 21.0. The van der Waals surface area contributed by atoms with Gasteiger partial charge in [0, 0.05) is 30.7 Å². The number of rotatable bonds is 13. The highest BCUT2D eigenvalue weighted by Crippen LogP contribution is 2.29. The minimum Gasteiger partial charge on any atom is -0.497 e. The van der Waals surface area contributed by atoms with Crippen LogP contribution >= 0.6 is 0 Å². The van der Waals surface area contributed by atoms with Gasteiger partial charge in [0.25, 0.3) is 11.6 Å². The van der Waals surface area contributed by atoms with Crippen LogP contribution in [0, 0.1) is 10.1 Å². The van der Waals surface area contributed by atoms with Gasteiger partial charge >= 0.3 is 0 Å². The van der Waals surface area contributed by atoms with Crippen LogP contribution < -0.4 is 25.0 Å². The molecule has 0 radical (unpaired) electrons. The molecule has 38 heavy (non-hydrogen) atoms. The topological polar surface area (TPSA) is 141 Å². The second-order valence-electron chi connectivity index (χ2n) is 7.88. The van der Waals surface area contributed by atoms with Gasteiger partial charge in [0.1, 0.15) is 12.4 Å². The molecular formula is C27H28N4O7. The average Bonchev–Trinajstić information content (AvgIpc) is 2.93. The van der Waals surface area contributed by atoms with Gasteiger partial charge in [-0.25, -0.2) is 5.43 Å². The van der Waals surface area contributed by atoms with E-state index >= 15 is 0 Å². The molecule has 3 rings (SSSR count). The fraction of sp³-hybridized carbons (Fsp3) is 0.222. The van der Waals surface area contributed by atoms with Crippen molar-refractivity contribution in [3.63, 3.8) is 0 Å². The molecule has 0 atom stereocenters. The maximum absolute atomic E-state index is 12.1. The third-order valence-electron chi connectivity index (χ3n) is 5.20. The van der Waals surface area contributed by atoms with E-state index in [9.17, 15) is 19.7 Å². The lowest BCUT2D eigenvalue weighted by atomic mass is 10.2. The van der Waals surface area contributed by atoms with E-state index in [4.69, 9.17) is 14.2 Å². The quantitative estimate of drug-likeness (QED) is 0.198. The van der Waals surface area contributed by atoms with Crippen LogP contribution in [0.3, 0.4) is 0 Å². The van der Waals surface area contributed by atoms with Gasteiger partial charge < -0.3 is 19.5 Å². The summed E-state index contributed by atoms with van der Waals surface area (Å²) in [5.41, 5.74) is 4.35. The number of hydrogen-bond acceptors (Lipinski definition) is 8. The first kappa shape index (κ1) is 27.7. The summed E-state index contributed by atoms with van der Waals surface area (Å²) >= 11 is 0. The lowest BCUT2D eigenvalue weighted by Gasteiger charge is -2.12. The number of amides is 2. The van der Waals surface area contributed by atoms with E-state index in [-0.39, 0.29) is 37.1 Å². The van der Waals surface area contributed by atoms with Crippen LogP contribution in [-0.4, -0.2) is 43.2 Å². The smallest absolute Gasteiger partial charge is 0.269 e. The maximum atomic E-state index is 12.1. The van der Waals surface area contributed by atoms with Crippen LogP contribution in [0.5, 0.6) is 17.2 Å². The fourth-order valence-corrected chi connectivity index (χ4v) is 3.24. The molecule has 0 aliphatic carbocycles. The van der Waals surface area contributed by atoms with Crippen LogP contribution in [0.15, 0.2) is 71.8 Å². The minimum atomic E-state index is -0.456. The van der Waals surface area contributed by atoms with Crippen LogP contribution in [0.1, 0.15) is 34.8 Å². The number of carbonyl (C=O) groups is 2. The summed E-state index contributed by atoms with van der Waals surface area (Å²) in [7, 11) is 1.55. The normalized spacial score (nSPS) is 10.6. The summed E-state index contributed by atoms with van der Waals surface area (Å²) in [6.45, 7) is 2.61. The van der Waals surface area contributed by atoms with Crippen LogP contribution in [0.25, 0.3) is 0 Å². The highest BCUT2D eigenvalue weighted by atomic mass is 16.6. The molecule has 3 aromatic carbocycles. The highest BCUT2D eigenvalue weighted by Gasteiger charge is 2.09. The number of carbonyl (C=O) groups excluding carboxylic acids is 2. The van der Waals surface area contributed by atoms with Crippen LogP contribution in [0.4, 0.5) is 5.69 Å². The maximum Gasteiger partial charge on any atom is 0.269 e. The number of nitro benzene ring substituents is 1. The van der Waals surface area contributed by atoms with Crippen molar-refractivity contribution >= 4 is 23.7 Å². The van der Waals surface area contributed by atoms with Gasteiger partial charge in [-0.1, -0.05) is 0 Å². The van der Waals surface area contributed by atoms with Crippen molar-refractivity contribution in [2.75, 3.05) is 20.3 Å². The molecule has 0 bridgehead atoms. The molecule has 0 spiro atoms. The summed E-state index contributed by atoms with van der Waals surface area (Å²) in [4.78, 5) is 34.5. The molecule has 11 nitrogen and oxygen atoms in total. The summed E-state index contributed by atoms with van der Waals surface area (Å²) in [6.07, 6.45) is 1.52. The van der Waals surface area contributed by atoms with E-state index in [0.717, 1.165) is 5.56 Å². The number of hydrogen-bond donors (Lipinski definition) is 2. The molecule has 198 valence electrons. The largest absolute Gasteiger partial charge is 0.497 e. The summed E-state index contributed by atoms with van der Waals surface area (Å²) in [6, 6.07) is 17.9. The number of ether oxygens (including phenoxy) is 3. The second kappa shape index (κ2) is 14.0. The molecule has 2 N–H and O–H groups in total. The zero-order valence-electron chi connectivity index (χ0n) is 21.0. The van der Waals surface area contributed by atoms with E-state index in [2.05, 4.69) is 15.8 Å². The molecule has 0 saturated carbocycles.